The highest BCUT2D eigenvalue weighted by molar-refractivity contribution is 6.36. The second-order valence-corrected chi connectivity index (χ2v) is 8.73. The number of hydrogen-bond acceptors (Lipinski definition) is 3. The van der Waals surface area contributed by atoms with Gasteiger partial charge in [0.05, 0.1) is 13.5 Å². The van der Waals surface area contributed by atoms with Crippen molar-refractivity contribution < 1.29 is 14.3 Å². The highest BCUT2D eigenvalue weighted by Gasteiger charge is 2.29. The Labute approximate surface area is 193 Å². The third-order valence-electron chi connectivity index (χ3n) is 5.75. The van der Waals surface area contributed by atoms with E-state index >= 15 is 0 Å². The number of nitrogens with one attached hydrogen (secondary N) is 1. The highest BCUT2D eigenvalue weighted by atomic mass is 35.5. The molecule has 1 aliphatic carbocycles. The van der Waals surface area contributed by atoms with Gasteiger partial charge in [0.15, 0.2) is 0 Å². The van der Waals surface area contributed by atoms with Crippen LogP contribution in [0.25, 0.3) is 0 Å². The van der Waals surface area contributed by atoms with Gasteiger partial charge in [-0.3, -0.25) is 9.59 Å². The third-order valence-corrected chi connectivity index (χ3v) is 6.45. The summed E-state index contributed by atoms with van der Waals surface area (Å²) < 4.78 is 5.30. The van der Waals surface area contributed by atoms with Gasteiger partial charge in [0.25, 0.3) is 0 Å². The van der Waals surface area contributed by atoms with Gasteiger partial charge >= 0.3 is 0 Å². The number of halogens is 2. The quantitative estimate of drug-likeness (QED) is 0.598. The fraction of sp³-hybridized carbons (Fsp3) is 0.417. The Bertz CT molecular complexity index is 909. The van der Waals surface area contributed by atoms with E-state index in [1.54, 1.807) is 37.1 Å². The highest BCUT2D eigenvalue weighted by Crippen LogP contribution is 2.26. The van der Waals surface area contributed by atoms with Crippen molar-refractivity contribution in [3.8, 4) is 5.75 Å². The molecule has 1 saturated carbocycles. The summed E-state index contributed by atoms with van der Waals surface area (Å²) in [4.78, 5) is 27.9. The lowest BCUT2D eigenvalue weighted by molar-refractivity contribution is -0.140. The van der Waals surface area contributed by atoms with Crippen molar-refractivity contribution in [2.24, 2.45) is 0 Å². The zero-order chi connectivity index (χ0) is 22.4. The van der Waals surface area contributed by atoms with Gasteiger partial charge in [-0.1, -0.05) is 54.2 Å². The van der Waals surface area contributed by atoms with Crippen LogP contribution in [0, 0.1) is 0 Å². The van der Waals surface area contributed by atoms with Crippen LogP contribution in [0.5, 0.6) is 5.75 Å². The minimum absolute atomic E-state index is 0.0174. The molecule has 1 N–H and O–H groups in total. The van der Waals surface area contributed by atoms with Gasteiger partial charge in [-0.15, -0.1) is 0 Å². The van der Waals surface area contributed by atoms with E-state index in [9.17, 15) is 9.59 Å². The molecule has 2 amide bonds. The summed E-state index contributed by atoms with van der Waals surface area (Å²) >= 11 is 12.6. The summed E-state index contributed by atoms with van der Waals surface area (Å²) in [5.74, 6) is 0.336. The Morgan fingerprint density at radius 3 is 2.42 bits per heavy atom. The molecule has 31 heavy (non-hydrogen) atoms. The van der Waals surface area contributed by atoms with Crippen molar-refractivity contribution in [3.05, 3.63) is 63.6 Å². The largest absolute Gasteiger partial charge is 0.497 e. The van der Waals surface area contributed by atoms with Crippen LogP contribution in [0.2, 0.25) is 10.0 Å². The van der Waals surface area contributed by atoms with E-state index in [0.717, 1.165) is 31.2 Å². The van der Waals surface area contributed by atoms with Crippen molar-refractivity contribution in [2.45, 2.75) is 57.7 Å². The second kappa shape index (κ2) is 10.9. The van der Waals surface area contributed by atoms with Crippen LogP contribution in [-0.4, -0.2) is 35.9 Å². The number of amides is 2. The van der Waals surface area contributed by atoms with Gasteiger partial charge < -0.3 is 15.0 Å². The number of rotatable bonds is 8. The molecule has 0 spiro atoms. The number of methoxy groups -OCH3 is 1. The number of carbonyl (C=O) groups is 2. The molecular formula is C24H28Cl2N2O3. The number of ether oxygens (including phenoxy) is 1. The summed E-state index contributed by atoms with van der Waals surface area (Å²) in [5, 5.41) is 3.97. The van der Waals surface area contributed by atoms with E-state index in [1.165, 1.54) is 0 Å². The fourth-order valence-corrected chi connectivity index (χ4v) is 4.43. The van der Waals surface area contributed by atoms with Crippen molar-refractivity contribution in [1.29, 1.82) is 0 Å². The maximum Gasteiger partial charge on any atom is 0.242 e. The Morgan fingerprint density at radius 2 is 1.77 bits per heavy atom. The van der Waals surface area contributed by atoms with E-state index in [2.05, 4.69) is 5.32 Å². The van der Waals surface area contributed by atoms with Gasteiger partial charge in [-0.2, -0.15) is 0 Å². The molecule has 7 heteroatoms. The zero-order valence-corrected chi connectivity index (χ0v) is 19.4. The molecule has 0 bridgehead atoms. The summed E-state index contributed by atoms with van der Waals surface area (Å²) in [6.07, 6.45) is 4.23. The lowest BCUT2D eigenvalue weighted by Crippen LogP contribution is -2.50. The molecule has 0 radical (unpaired) electrons. The second-order valence-electron chi connectivity index (χ2n) is 7.92. The van der Waals surface area contributed by atoms with Crippen LogP contribution in [0.4, 0.5) is 0 Å². The smallest absolute Gasteiger partial charge is 0.242 e. The SMILES string of the molecule is COc1cccc(CN(C(=O)Cc2c(Cl)cccc2Cl)[C@@H](C)C(=O)NC2CCCC2)c1. The van der Waals surface area contributed by atoms with Crippen molar-refractivity contribution in [2.75, 3.05) is 7.11 Å². The molecule has 2 aromatic rings. The van der Waals surface area contributed by atoms with Crippen LogP contribution in [-0.2, 0) is 22.6 Å². The Morgan fingerprint density at radius 1 is 1.13 bits per heavy atom. The summed E-state index contributed by atoms with van der Waals surface area (Å²) in [6.45, 7) is 2.04. The Kier molecular flexibility index (Phi) is 8.22. The first kappa shape index (κ1) is 23.4. The molecule has 0 saturated heterocycles. The van der Waals surface area contributed by atoms with Gasteiger partial charge in [0.1, 0.15) is 11.8 Å². The predicted molar refractivity (Wildman–Crippen MR) is 124 cm³/mol. The van der Waals surface area contributed by atoms with Crippen molar-refractivity contribution in [1.82, 2.24) is 10.2 Å². The van der Waals surface area contributed by atoms with E-state index in [-0.39, 0.29) is 30.8 Å². The van der Waals surface area contributed by atoms with Gasteiger partial charge in [0, 0.05) is 22.6 Å². The standard InChI is InChI=1S/C24H28Cl2N2O3/c1-16(24(30)27-18-8-3-4-9-18)28(15-17-7-5-10-19(13-17)31-2)23(29)14-20-21(25)11-6-12-22(20)26/h5-7,10-13,16,18H,3-4,8-9,14-15H2,1-2H3,(H,27,30)/t16-/m0/s1. The maximum absolute atomic E-state index is 13.4. The molecule has 5 nitrogen and oxygen atoms in total. The molecular weight excluding hydrogens is 435 g/mol. The molecule has 0 aromatic heterocycles. The van der Waals surface area contributed by atoms with Crippen LogP contribution < -0.4 is 10.1 Å². The molecule has 1 aliphatic rings. The predicted octanol–water partition coefficient (Wildman–Crippen LogP) is 5.02. The van der Waals surface area contributed by atoms with Crippen LogP contribution in [0.3, 0.4) is 0 Å². The average Bonchev–Trinajstić information content (AvgIpc) is 3.27. The Hall–Kier alpha value is -2.24. The lowest BCUT2D eigenvalue weighted by atomic mass is 10.1. The fourth-order valence-electron chi connectivity index (χ4n) is 3.90. The summed E-state index contributed by atoms with van der Waals surface area (Å²) in [6, 6.07) is 12.2. The minimum atomic E-state index is -0.638. The number of hydrogen-bond donors (Lipinski definition) is 1. The molecule has 3 rings (SSSR count). The van der Waals surface area contributed by atoms with Crippen molar-refractivity contribution in [3.63, 3.8) is 0 Å². The number of carbonyl (C=O) groups excluding carboxylic acids is 2. The Balaban J connectivity index is 1.83. The molecule has 0 heterocycles. The zero-order valence-electron chi connectivity index (χ0n) is 17.9. The molecule has 0 unspecified atom stereocenters. The number of nitrogens with zero attached hydrogens (tertiary/aromatic N) is 1. The molecule has 1 atom stereocenters. The minimum Gasteiger partial charge on any atom is -0.497 e. The third kappa shape index (κ3) is 6.14. The topological polar surface area (TPSA) is 58.6 Å². The van der Waals surface area contributed by atoms with Crippen LogP contribution in [0.15, 0.2) is 42.5 Å². The first-order valence-electron chi connectivity index (χ1n) is 10.5. The van der Waals surface area contributed by atoms with Crippen molar-refractivity contribution >= 4 is 35.0 Å². The van der Waals surface area contributed by atoms with E-state index < -0.39 is 6.04 Å². The summed E-state index contributed by atoms with van der Waals surface area (Å²) in [5.41, 5.74) is 1.44. The first-order valence-corrected chi connectivity index (χ1v) is 11.3. The van der Waals surface area contributed by atoms with E-state index in [1.807, 2.05) is 24.3 Å². The molecule has 2 aromatic carbocycles. The first-order chi connectivity index (χ1) is 14.9. The van der Waals surface area contributed by atoms with Crippen LogP contribution in [0.1, 0.15) is 43.7 Å². The normalized spacial score (nSPS) is 14.8. The molecule has 0 aliphatic heterocycles. The molecule has 1 fully saturated rings. The average molecular weight is 463 g/mol. The van der Waals surface area contributed by atoms with Gasteiger partial charge in [0.2, 0.25) is 11.8 Å². The number of benzene rings is 2. The van der Waals surface area contributed by atoms with Gasteiger partial charge in [-0.25, -0.2) is 0 Å². The van der Waals surface area contributed by atoms with E-state index in [4.69, 9.17) is 27.9 Å². The van der Waals surface area contributed by atoms with E-state index in [0.29, 0.717) is 21.4 Å². The lowest BCUT2D eigenvalue weighted by Gasteiger charge is -2.30. The molecule has 166 valence electrons. The summed E-state index contributed by atoms with van der Waals surface area (Å²) in [7, 11) is 1.60. The van der Waals surface area contributed by atoms with Crippen LogP contribution >= 0.6 is 23.2 Å². The monoisotopic (exact) mass is 462 g/mol. The van der Waals surface area contributed by atoms with Gasteiger partial charge in [-0.05, 0) is 55.2 Å². The maximum atomic E-state index is 13.4.